The Hall–Kier alpha value is -1.50. The van der Waals surface area contributed by atoms with Crippen LogP contribution in [-0.4, -0.2) is 43.6 Å². The van der Waals surface area contributed by atoms with Crippen molar-refractivity contribution in [3.8, 4) is 0 Å². The topological polar surface area (TPSA) is 83.4 Å². The molecule has 6 nitrogen and oxygen atoms in total. The molecule has 1 aromatic rings. The van der Waals surface area contributed by atoms with Crippen molar-refractivity contribution in [3.63, 3.8) is 0 Å². The zero-order valence-corrected chi connectivity index (χ0v) is 11.2. The number of hydrogen-bond donors (Lipinski definition) is 1. The highest BCUT2D eigenvalue weighted by Crippen LogP contribution is 2.40. The van der Waals surface area contributed by atoms with E-state index in [9.17, 15) is 14.7 Å². The summed E-state index contributed by atoms with van der Waals surface area (Å²) in [7, 11) is 0. The van der Waals surface area contributed by atoms with Gasteiger partial charge in [-0.05, 0) is 36.7 Å². The molecule has 2 heterocycles. The first kappa shape index (κ1) is 12.5. The predicted octanol–water partition coefficient (Wildman–Crippen LogP) is 1.40. The first-order valence-electron chi connectivity index (χ1n) is 6.51. The van der Waals surface area contributed by atoms with Crippen molar-refractivity contribution in [2.45, 2.75) is 44.2 Å². The number of amides is 1. The van der Waals surface area contributed by atoms with E-state index in [-0.39, 0.29) is 11.9 Å². The highest BCUT2D eigenvalue weighted by atomic mass is 32.1. The van der Waals surface area contributed by atoms with Crippen LogP contribution in [0.3, 0.4) is 0 Å². The molecule has 7 heteroatoms. The second kappa shape index (κ2) is 4.88. The van der Waals surface area contributed by atoms with Crippen molar-refractivity contribution < 1.29 is 14.7 Å². The number of carbonyl (C=O) groups excluding carboxylic acids is 1. The Balaban J connectivity index is 1.90. The second-order valence-electron chi connectivity index (χ2n) is 5.20. The van der Waals surface area contributed by atoms with Gasteiger partial charge in [0, 0.05) is 6.04 Å². The number of aromatic nitrogens is 2. The van der Waals surface area contributed by atoms with E-state index in [0.717, 1.165) is 37.2 Å². The minimum Gasteiger partial charge on any atom is -0.480 e. The first-order chi connectivity index (χ1) is 9.18. The van der Waals surface area contributed by atoms with Crippen molar-refractivity contribution in [1.29, 1.82) is 0 Å². The highest BCUT2D eigenvalue weighted by Gasteiger charge is 2.47. The maximum absolute atomic E-state index is 12.5. The lowest BCUT2D eigenvalue weighted by molar-refractivity contribution is -0.141. The summed E-state index contributed by atoms with van der Waals surface area (Å²) in [5.41, 5.74) is 0. The van der Waals surface area contributed by atoms with Crippen LogP contribution in [-0.2, 0) is 4.79 Å². The van der Waals surface area contributed by atoms with Crippen LogP contribution in [0.2, 0.25) is 0 Å². The minimum atomic E-state index is -0.903. The third-order valence-corrected chi connectivity index (χ3v) is 4.83. The lowest BCUT2D eigenvalue weighted by atomic mass is 9.85. The number of carboxylic acid groups (broad SMARTS) is 1. The van der Waals surface area contributed by atoms with E-state index in [0.29, 0.717) is 17.2 Å². The van der Waals surface area contributed by atoms with Crippen LogP contribution in [0, 0.1) is 5.92 Å². The lowest BCUT2D eigenvalue weighted by Crippen LogP contribution is -2.46. The molecule has 2 aliphatic rings. The fraction of sp³-hybridized carbons (Fsp3) is 0.667. The molecule has 3 rings (SSSR count). The fourth-order valence-electron chi connectivity index (χ4n) is 3.36. The van der Waals surface area contributed by atoms with Crippen molar-refractivity contribution in [2.75, 3.05) is 0 Å². The van der Waals surface area contributed by atoms with E-state index in [4.69, 9.17) is 0 Å². The zero-order valence-electron chi connectivity index (χ0n) is 10.4. The lowest BCUT2D eigenvalue weighted by Gasteiger charge is -2.32. The van der Waals surface area contributed by atoms with Gasteiger partial charge in [-0.25, -0.2) is 4.79 Å². The van der Waals surface area contributed by atoms with E-state index >= 15 is 0 Å². The van der Waals surface area contributed by atoms with Crippen LogP contribution < -0.4 is 0 Å². The Morgan fingerprint density at radius 3 is 2.84 bits per heavy atom. The first-order valence-corrected chi connectivity index (χ1v) is 7.28. The summed E-state index contributed by atoms with van der Waals surface area (Å²) in [6.45, 7) is 0. The summed E-state index contributed by atoms with van der Waals surface area (Å²) in [6, 6.07) is -0.618. The van der Waals surface area contributed by atoms with E-state index in [1.165, 1.54) is 6.20 Å². The standard InChI is InChI=1S/C12H15N3O3S/c16-11(10-6-13-14-19-10)15-8-4-2-1-3-7(8)5-9(15)12(17)18/h6-9H,1-5H2,(H,17,18)/t7-,8-,9+/m1/s1. The molecule has 1 aliphatic carbocycles. The Bertz CT molecular complexity index is 490. The molecule has 1 amide bonds. The van der Waals surface area contributed by atoms with Crippen molar-refractivity contribution in [1.82, 2.24) is 14.5 Å². The third-order valence-electron chi connectivity index (χ3n) is 4.18. The molecular formula is C12H15N3O3S. The van der Waals surface area contributed by atoms with Crippen LogP contribution in [0.1, 0.15) is 41.8 Å². The maximum atomic E-state index is 12.5. The van der Waals surface area contributed by atoms with Gasteiger partial charge in [-0.1, -0.05) is 17.3 Å². The molecule has 0 spiro atoms. The maximum Gasteiger partial charge on any atom is 0.326 e. The minimum absolute atomic E-state index is 0.0736. The Labute approximate surface area is 114 Å². The Morgan fingerprint density at radius 2 is 2.16 bits per heavy atom. The summed E-state index contributed by atoms with van der Waals surface area (Å²) in [5.74, 6) is -0.795. The number of aliphatic carboxylic acids is 1. The van der Waals surface area contributed by atoms with Gasteiger partial charge in [0.1, 0.15) is 10.9 Å². The number of rotatable bonds is 2. The summed E-state index contributed by atoms with van der Waals surface area (Å²) in [4.78, 5) is 25.9. The quantitative estimate of drug-likeness (QED) is 0.885. The number of carboxylic acids is 1. The Kier molecular flexibility index (Phi) is 3.22. The normalized spacial score (nSPS) is 30.1. The highest BCUT2D eigenvalue weighted by molar-refractivity contribution is 7.07. The Morgan fingerprint density at radius 1 is 1.37 bits per heavy atom. The second-order valence-corrected chi connectivity index (χ2v) is 5.98. The summed E-state index contributed by atoms with van der Waals surface area (Å²) < 4.78 is 3.69. The van der Waals surface area contributed by atoms with Gasteiger partial charge in [0.15, 0.2) is 0 Å². The number of hydrogen-bond acceptors (Lipinski definition) is 5. The SMILES string of the molecule is O=C(O)[C@@H]1C[C@H]2CCCC[C@H]2N1C(=O)c1cnns1. The average Bonchev–Trinajstić information content (AvgIpc) is 3.05. The van der Waals surface area contributed by atoms with Crippen LogP contribution in [0.5, 0.6) is 0 Å². The molecule has 1 aliphatic heterocycles. The molecule has 102 valence electrons. The molecule has 2 fully saturated rings. The van der Waals surface area contributed by atoms with E-state index in [2.05, 4.69) is 9.59 Å². The third kappa shape index (κ3) is 2.11. The fourth-order valence-corrected chi connectivity index (χ4v) is 3.82. The predicted molar refractivity (Wildman–Crippen MR) is 67.9 cm³/mol. The number of nitrogens with zero attached hydrogens (tertiary/aromatic N) is 3. The van der Waals surface area contributed by atoms with Gasteiger partial charge >= 0.3 is 5.97 Å². The molecule has 0 bridgehead atoms. The molecule has 1 aromatic heterocycles. The van der Waals surface area contributed by atoms with Gasteiger partial charge in [0.05, 0.1) is 6.20 Å². The monoisotopic (exact) mass is 281 g/mol. The average molecular weight is 281 g/mol. The van der Waals surface area contributed by atoms with E-state index < -0.39 is 12.0 Å². The van der Waals surface area contributed by atoms with Crippen LogP contribution >= 0.6 is 11.5 Å². The smallest absolute Gasteiger partial charge is 0.326 e. The molecule has 0 unspecified atom stereocenters. The summed E-state index contributed by atoms with van der Waals surface area (Å²) in [6.07, 6.45) is 6.14. The molecule has 1 saturated heterocycles. The molecule has 3 atom stereocenters. The molecule has 19 heavy (non-hydrogen) atoms. The van der Waals surface area contributed by atoms with E-state index in [1.807, 2.05) is 0 Å². The van der Waals surface area contributed by atoms with Crippen LogP contribution in [0.15, 0.2) is 6.20 Å². The molecular weight excluding hydrogens is 266 g/mol. The van der Waals surface area contributed by atoms with Crippen molar-refractivity contribution in [2.24, 2.45) is 5.92 Å². The number of fused-ring (bicyclic) bond motifs is 1. The van der Waals surface area contributed by atoms with Crippen LogP contribution in [0.4, 0.5) is 0 Å². The van der Waals surface area contributed by atoms with Gasteiger partial charge in [0.25, 0.3) is 5.91 Å². The summed E-state index contributed by atoms with van der Waals surface area (Å²) >= 11 is 1.03. The van der Waals surface area contributed by atoms with Gasteiger partial charge in [-0.3, -0.25) is 4.79 Å². The van der Waals surface area contributed by atoms with Crippen molar-refractivity contribution >= 4 is 23.4 Å². The van der Waals surface area contributed by atoms with Gasteiger partial charge in [0.2, 0.25) is 0 Å². The number of likely N-dealkylation sites (tertiary alicyclic amines) is 1. The largest absolute Gasteiger partial charge is 0.480 e. The van der Waals surface area contributed by atoms with E-state index in [1.54, 1.807) is 4.90 Å². The number of carbonyl (C=O) groups is 2. The molecule has 0 radical (unpaired) electrons. The van der Waals surface area contributed by atoms with Gasteiger partial charge < -0.3 is 10.0 Å². The van der Waals surface area contributed by atoms with Gasteiger partial charge in [-0.15, -0.1) is 5.10 Å². The van der Waals surface area contributed by atoms with Gasteiger partial charge in [-0.2, -0.15) is 0 Å². The molecule has 0 aromatic carbocycles. The molecule has 1 N–H and O–H groups in total. The van der Waals surface area contributed by atoms with Crippen molar-refractivity contribution in [3.05, 3.63) is 11.1 Å². The summed E-state index contributed by atoms with van der Waals surface area (Å²) in [5, 5.41) is 13.0. The zero-order chi connectivity index (χ0) is 13.4. The van der Waals surface area contributed by atoms with Crippen LogP contribution in [0.25, 0.3) is 0 Å². The molecule has 1 saturated carbocycles.